The van der Waals surface area contributed by atoms with Crippen molar-refractivity contribution in [2.24, 2.45) is 11.8 Å². The highest BCUT2D eigenvalue weighted by Gasteiger charge is 2.40. The van der Waals surface area contributed by atoms with Crippen LogP contribution in [0.3, 0.4) is 0 Å². The minimum Gasteiger partial charge on any atom is -0.464 e. The van der Waals surface area contributed by atoms with Crippen LogP contribution in [0.5, 0.6) is 0 Å². The third-order valence-electron chi connectivity index (χ3n) is 5.93. The van der Waals surface area contributed by atoms with Crippen LogP contribution in [0.15, 0.2) is 12.2 Å². The van der Waals surface area contributed by atoms with Gasteiger partial charge in [-0.05, 0) is 70.1 Å². The Morgan fingerprint density at radius 3 is 2.81 bits per heavy atom. The summed E-state index contributed by atoms with van der Waals surface area (Å²) in [6.07, 6.45) is 16.7. The van der Waals surface area contributed by atoms with Crippen molar-refractivity contribution in [2.75, 3.05) is 6.61 Å². The van der Waals surface area contributed by atoms with Gasteiger partial charge in [0.1, 0.15) is 0 Å². The summed E-state index contributed by atoms with van der Waals surface area (Å²) in [7, 11) is 0. The number of carbonyl (C=O) groups excluding carboxylic acids is 1. The van der Waals surface area contributed by atoms with Crippen LogP contribution in [0.25, 0.3) is 0 Å². The maximum absolute atomic E-state index is 11.5. The fourth-order valence-corrected chi connectivity index (χ4v) is 4.43. The van der Waals surface area contributed by atoms with Gasteiger partial charge in [0.2, 0.25) is 0 Å². The number of fused-ring (bicyclic) bond motifs is 1. The van der Waals surface area contributed by atoms with Crippen LogP contribution in [-0.4, -0.2) is 36.0 Å². The van der Waals surface area contributed by atoms with E-state index in [2.05, 4.69) is 19.1 Å². The lowest BCUT2D eigenvalue weighted by Gasteiger charge is -2.34. The molecule has 150 valence electrons. The maximum atomic E-state index is 11.5. The van der Waals surface area contributed by atoms with E-state index in [1.807, 2.05) is 0 Å². The van der Waals surface area contributed by atoms with Crippen molar-refractivity contribution in [3.8, 4) is 0 Å². The van der Waals surface area contributed by atoms with E-state index in [-0.39, 0.29) is 6.10 Å². The zero-order valence-corrected chi connectivity index (χ0v) is 16.7. The summed E-state index contributed by atoms with van der Waals surface area (Å²) >= 11 is 0. The van der Waals surface area contributed by atoms with Gasteiger partial charge in [0.25, 0.3) is 0 Å². The van der Waals surface area contributed by atoms with Crippen molar-refractivity contribution in [1.82, 2.24) is 0 Å². The Bertz CT molecular complexity index is 434. The number of hydrogen-bond acceptors (Lipinski definition) is 4. The lowest BCUT2D eigenvalue weighted by atomic mass is 9.85. The number of rotatable bonds is 11. The maximum Gasteiger partial charge on any atom is 0.334 e. The highest BCUT2D eigenvalue weighted by molar-refractivity contribution is 5.74. The molecule has 26 heavy (non-hydrogen) atoms. The predicted octanol–water partition coefficient (Wildman–Crippen LogP) is 4.79. The molecule has 5 atom stereocenters. The number of aliphatic hydroxyl groups is 1. The Morgan fingerprint density at radius 2 is 2.04 bits per heavy atom. The van der Waals surface area contributed by atoms with Gasteiger partial charge in [0.15, 0.2) is 6.10 Å². The first kappa shape index (κ1) is 21.4. The summed E-state index contributed by atoms with van der Waals surface area (Å²) < 4.78 is 11.2. The minimum atomic E-state index is -1.01. The van der Waals surface area contributed by atoms with E-state index < -0.39 is 12.1 Å². The van der Waals surface area contributed by atoms with Gasteiger partial charge in [-0.25, -0.2) is 4.79 Å². The number of unbranched alkanes of at least 4 members (excludes halogenated alkanes) is 4. The third-order valence-corrected chi connectivity index (χ3v) is 5.93. The molecule has 2 aliphatic rings. The SMILES string of the molecule is CCCCCCC=C[C@H]1CC[C@H]2OC(CCC(O)C(=O)OCC)CC[C@H]12. The second-order valence-electron chi connectivity index (χ2n) is 7.90. The normalized spacial score (nSPS) is 29.7. The van der Waals surface area contributed by atoms with Crippen LogP contribution in [-0.2, 0) is 14.3 Å². The van der Waals surface area contributed by atoms with Gasteiger partial charge in [-0.2, -0.15) is 0 Å². The van der Waals surface area contributed by atoms with Gasteiger partial charge in [0, 0.05) is 0 Å². The van der Waals surface area contributed by atoms with E-state index in [1.54, 1.807) is 6.92 Å². The molecular weight excluding hydrogens is 328 g/mol. The van der Waals surface area contributed by atoms with Crippen LogP contribution >= 0.6 is 0 Å². The van der Waals surface area contributed by atoms with E-state index in [4.69, 9.17) is 9.47 Å². The number of allylic oxidation sites excluding steroid dienone is 2. The van der Waals surface area contributed by atoms with Crippen molar-refractivity contribution in [3.63, 3.8) is 0 Å². The molecule has 2 rings (SSSR count). The molecule has 1 aliphatic carbocycles. The monoisotopic (exact) mass is 366 g/mol. The van der Waals surface area contributed by atoms with Crippen LogP contribution in [0.4, 0.5) is 0 Å². The van der Waals surface area contributed by atoms with E-state index in [0.717, 1.165) is 19.3 Å². The zero-order chi connectivity index (χ0) is 18.8. The number of hydrogen-bond donors (Lipinski definition) is 1. The number of aliphatic hydroxyl groups excluding tert-OH is 1. The molecule has 4 nitrogen and oxygen atoms in total. The van der Waals surface area contributed by atoms with Crippen LogP contribution in [0.2, 0.25) is 0 Å². The quantitative estimate of drug-likeness (QED) is 0.324. The average Bonchev–Trinajstić information content (AvgIpc) is 3.05. The molecular formula is C22H38O4. The molecule has 0 bridgehead atoms. The average molecular weight is 367 g/mol. The lowest BCUT2D eigenvalue weighted by molar-refractivity contribution is -0.154. The largest absolute Gasteiger partial charge is 0.464 e. The van der Waals surface area contributed by atoms with E-state index >= 15 is 0 Å². The Morgan fingerprint density at radius 1 is 1.19 bits per heavy atom. The van der Waals surface area contributed by atoms with Crippen LogP contribution in [0, 0.1) is 11.8 Å². The van der Waals surface area contributed by atoms with E-state index in [0.29, 0.717) is 31.0 Å². The molecule has 1 N–H and O–H groups in total. The number of esters is 1. The van der Waals surface area contributed by atoms with Gasteiger partial charge in [0.05, 0.1) is 18.8 Å². The van der Waals surface area contributed by atoms with Crippen molar-refractivity contribution in [3.05, 3.63) is 12.2 Å². The second-order valence-corrected chi connectivity index (χ2v) is 7.90. The molecule has 0 aromatic rings. The van der Waals surface area contributed by atoms with E-state index in [9.17, 15) is 9.90 Å². The molecule has 1 heterocycles. The first-order valence-corrected chi connectivity index (χ1v) is 10.8. The first-order valence-electron chi connectivity index (χ1n) is 10.8. The molecule has 0 spiro atoms. The van der Waals surface area contributed by atoms with Gasteiger partial charge in [-0.15, -0.1) is 0 Å². The number of carbonyl (C=O) groups is 1. The van der Waals surface area contributed by atoms with Gasteiger partial charge < -0.3 is 14.6 Å². The molecule has 1 saturated heterocycles. The molecule has 2 fully saturated rings. The third kappa shape index (κ3) is 6.70. The Hall–Kier alpha value is -0.870. The molecule has 0 aromatic heterocycles. The second kappa shape index (κ2) is 11.8. The molecule has 4 heteroatoms. The standard InChI is InChI=1S/C22H38O4/c1-3-5-6-7-8-9-10-17-11-16-21-19(17)14-12-18(26-21)13-15-20(23)22(24)25-4-2/h9-10,17-21,23H,3-8,11-16H2,1-2H3/t17-,18?,19+,20?,21+/m0/s1. The lowest BCUT2D eigenvalue weighted by Crippen LogP contribution is -2.34. The molecule has 1 saturated carbocycles. The summed E-state index contributed by atoms with van der Waals surface area (Å²) in [6.45, 7) is 4.32. The molecule has 0 amide bonds. The predicted molar refractivity (Wildman–Crippen MR) is 104 cm³/mol. The van der Waals surface area contributed by atoms with Gasteiger partial charge in [-0.3, -0.25) is 0 Å². The fraction of sp³-hybridized carbons (Fsp3) is 0.864. The summed E-state index contributed by atoms with van der Waals surface area (Å²) in [6, 6.07) is 0. The Kier molecular flexibility index (Phi) is 9.69. The van der Waals surface area contributed by atoms with Gasteiger partial charge >= 0.3 is 5.97 Å². The van der Waals surface area contributed by atoms with Crippen molar-refractivity contribution in [2.45, 2.75) is 103 Å². The zero-order valence-electron chi connectivity index (χ0n) is 16.7. The van der Waals surface area contributed by atoms with Gasteiger partial charge in [-0.1, -0.05) is 38.3 Å². The molecule has 0 aromatic carbocycles. The minimum absolute atomic E-state index is 0.178. The smallest absolute Gasteiger partial charge is 0.334 e. The Labute approximate surface area is 159 Å². The highest BCUT2D eigenvalue weighted by Crippen LogP contribution is 2.43. The summed E-state index contributed by atoms with van der Waals surface area (Å²) in [4.78, 5) is 11.5. The van der Waals surface area contributed by atoms with Crippen LogP contribution < -0.4 is 0 Å². The number of ether oxygens (including phenoxy) is 2. The molecule has 1 aliphatic heterocycles. The van der Waals surface area contributed by atoms with Crippen molar-refractivity contribution >= 4 is 5.97 Å². The fourth-order valence-electron chi connectivity index (χ4n) is 4.43. The first-order chi connectivity index (χ1) is 12.7. The Balaban J connectivity index is 1.67. The molecule has 0 radical (unpaired) electrons. The highest BCUT2D eigenvalue weighted by atomic mass is 16.5. The molecule has 2 unspecified atom stereocenters. The summed E-state index contributed by atoms with van der Waals surface area (Å²) in [5, 5.41) is 9.84. The van der Waals surface area contributed by atoms with E-state index in [1.165, 1.54) is 44.9 Å². The summed E-state index contributed by atoms with van der Waals surface area (Å²) in [5.41, 5.74) is 0. The topological polar surface area (TPSA) is 55.8 Å². The summed E-state index contributed by atoms with van der Waals surface area (Å²) in [5.74, 6) is 0.830. The van der Waals surface area contributed by atoms with Crippen molar-refractivity contribution < 1.29 is 19.4 Å². The van der Waals surface area contributed by atoms with Crippen molar-refractivity contribution in [1.29, 1.82) is 0 Å². The van der Waals surface area contributed by atoms with Crippen LogP contribution in [0.1, 0.15) is 84.5 Å².